The maximum atomic E-state index is 13.8. The van der Waals surface area contributed by atoms with Gasteiger partial charge >= 0.3 is 0 Å². The third-order valence-electron chi connectivity index (χ3n) is 6.28. The van der Waals surface area contributed by atoms with Gasteiger partial charge in [0.05, 0.1) is 21.8 Å². The first-order valence-electron chi connectivity index (χ1n) is 12.7. The van der Waals surface area contributed by atoms with Crippen LogP contribution >= 0.6 is 0 Å². The summed E-state index contributed by atoms with van der Waals surface area (Å²) in [4.78, 5) is 26.4. The molecule has 4 aromatic rings. The van der Waals surface area contributed by atoms with E-state index in [2.05, 4.69) is 10.6 Å². The molecule has 39 heavy (non-hydrogen) atoms. The number of benzene rings is 4. The van der Waals surface area contributed by atoms with Crippen LogP contribution in [0.3, 0.4) is 0 Å². The third kappa shape index (κ3) is 6.72. The fraction of sp³-hybridized carbons (Fsp3) is 0.161. The first kappa shape index (κ1) is 27.6. The van der Waals surface area contributed by atoms with Crippen molar-refractivity contribution in [1.82, 2.24) is 5.32 Å². The van der Waals surface area contributed by atoms with Gasteiger partial charge in [0.1, 0.15) is 6.54 Å². The maximum absolute atomic E-state index is 13.8. The van der Waals surface area contributed by atoms with Crippen molar-refractivity contribution in [3.63, 3.8) is 0 Å². The highest BCUT2D eigenvalue weighted by Gasteiger charge is 2.29. The average Bonchev–Trinajstić information content (AvgIpc) is 2.95. The van der Waals surface area contributed by atoms with Crippen LogP contribution in [0.2, 0.25) is 0 Å². The molecule has 2 N–H and O–H groups in total. The molecule has 4 rings (SSSR count). The van der Waals surface area contributed by atoms with Crippen LogP contribution < -0.4 is 14.9 Å². The zero-order valence-corrected chi connectivity index (χ0v) is 22.7. The molecule has 8 heteroatoms. The Kier molecular flexibility index (Phi) is 8.78. The summed E-state index contributed by atoms with van der Waals surface area (Å²) in [7, 11) is -4.06. The highest BCUT2D eigenvalue weighted by Crippen LogP contribution is 2.28. The molecule has 0 atom stereocenters. The standard InChI is InChI=1S/C31H31N3O4S/c1-3-25-13-7-10-16-29(25)34(39(37,38)26-19-17-23(2)18-20-26)22-30(35)33-28-15-9-8-14-27(28)31(36)32-21-24-11-5-4-6-12-24/h4-20H,3,21-22H2,1-2H3,(H,32,36)(H,33,35). The summed E-state index contributed by atoms with van der Waals surface area (Å²) in [6, 6.07) is 29.8. The lowest BCUT2D eigenvalue weighted by atomic mass is 10.1. The summed E-state index contributed by atoms with van der Waals surface area (Å²) < 4.78 is 28.7. The van der Waals surface area contributed by atoms with Crippen molar-refractivity contribution in [3.8, 4) is 0 Å². The summed E-state index contributed by atoms with van der Waals surface area (Å²) in [6.45, 7) is 3.67. The van der Waals surface area contributed by atoms with Crippen LogP contribution in [-0.4, -0.2) is 26.8 Å². The van der Waals surface area contributed by atoms with E-state index in [0.717, 1.165) is 21.0 Å². The number of anilines is 2. The number of nitrogens with one attached hydrogen (secondary N) is 2. The van der Waals surface area contributed by atoms with Gasteiger partial charge in [-0.1, -0.05) is 85.3 Å². The molecule has 0 aliphatic heterocycles. The zero-order valence-electron chi connectivity index (χ0n) is 21.9. The number of sulfonamides is 1. The second-order valence-electron chi connectivity index (χ2n) is 9.07. The minimum Gasteiger partial charge on any atom is -0.348 e. The Balaban J connectivity index is 1.59. The van der Waals surface area contributed by atoms with E-state index in [1.807, 2.05) is 56.3 Å². The molecule has 0 heterocycles. The molecule has 2 amide bonds. The van der Waals surface area contributed by atoms with E-state index in [1.165, 1.54) is 12.1 Å². The molecule has 4 aromatic carbocycles. The van der Waals surface area contributed by atoms with Gasteiger partial charge in [0, 0.05) is 6.54 Å². The second-order valence-corrected chi connectivity index (χ2v) is 10.9. The first-order valence-corrected chi connectivity index (χ1v) is 14.1. The Morgan fingerprint density at radius 2 is 1.44 bits per heavy atom. The molecule has 0 spiro atoms. The molecule has 0 aromatic heterocycles. The molecule has 0 bridgehead atoms. The van der Waals surface area contributed by atoms with Crippen LogP contribution in [0, 0.1) is 6.92 Å². The molecule has 0 radical (unpaired) electrons. The Morgan fingerprint density at radius 3 is 2.15 bits per heavy atom. The quantitative estimate of drug-likeness (QED) is 0.284. The summed E-state index contributed by atoms with van der Waals surface area (Å²) in [5.74, 6) is -0.921. The first-order chi connectivity index (χ1) is 18.8. The van der Waals surface area contributed by atoms with Crippen LogP contribution in [0.1, 0.15) is 34.0 Å². The topological polar surface area (TPSA) is 95.6 Å². The van der Waals surface area contributed by atoms with Gasteiger partial charge in [0.15, 0.2) is 0 Å². The van der Waals surface area contributed by atoms with Crippen molar-refractivity contribution in [2.24, 2.45) is 0 Å². The van der Waals surface area contributed by atoms with Crippen molar-refractivity contribution in [3.05, 3.63) is 125 Å². The predicted octanol–water partition coefficient (Wildman–Crippen LogP) is 5.32. The minimum atomic E-state index is -4.06. The Labute approximate surface area is 229 Å². The summed E-state index contributed by atoms with van der Waals surface area (Å²) in [5.41, 5.74) is 3.67. The SMILES string of the molecule is CCc1ccccc1N(CC(=O)Nc1ccccc1C(=O)NCc1ccccc1)S(=O)(=O)c1ccc(C)cc1. The smallest absolute Gasteiger partial charge is 0.264 e. The van der Waals surface area contributed by atoms with Gasteiger partial charge in [-0.25, -0.2) is 8.42 Å². The molecule has 0 fully saturated rings. The highest BCUT2D eigenvalue weighted by atomic mass is 32.2. The Hall–Kier alpha value is -4.43. The van der Waals surface area contributed by atoms with E-state index in [1.54, 1.807) is 48.5 Å². The number of nitrogens with zero attached hydrogens (tertiary/aromatic N) is 1. The zero-order chi connectivity index (χ0) is 27.8. The van der Waals surface area contributed by atoms with E-state index in [4.69, 9.17) is 0 Å². The van der Waals surface area contributed by atoms with E-state index < -0.39 is 22.5 Å². The molecule has 7 nitrogen and oxygen atoms in total. The van der Waals surface area contributed by atoms with E-state index >= 15 is 0 Å². The molecule has 0 saturated carbocycles. The minimum absolute atomic E-state index is 0.0903. The van der Waals surface area contributed by atoms with Gasteiger partial charge in [-0.2, -0.15) is 0 Å². The molecular weight excluding hydrogens is 510 g/mol. The molecule has 0 saturated heterocycles. The largest absolute Gasteiger partial charge is 0.348 e. The van der Waals surface area contributed by atoms with Gasteiger partial charge in [-0.3, -0.25) is 13.9 Å². The van der Waals surface area contributed by atoms with Gasteiger partial charge in [-0.15, -0.1) is 0 Å². The van der Waals surface area contributed by atoms with Crippen molar-refractivity contribution in [2.75, 3.05) is 16.2 Å². The van der Waals surface area contributed by atoms with E-state index in [9.17, 15) is 18.0 Å². The summed E-state index contributed by atoms with van der Waals surface area (Å²) in [5, 5.41) is 5.62. The van der Waals surface area contributed by atoms with Gasteiger partial charge < -0.3 is 10.6 Å². The number of para-hydroxylation sites is 2. The number of aryl methyl sites for hydroxylation is 2. The molecular formula is C31H31N3O4S. The fourth-order valence-corrected chi connectivity index (χ4v) is 5.63. The predicted molar refractivity (Wildman–Crippen MR) is 154 cm³/mol. The number of hydrogen-bond acceptors (Lipinski definition) is 4. The summed E-state index contributed by atoms with van der Waals surface area (Å²) >= 11 is 0. The Morgan fingerprint density at radius 1 is 0.795 bits per heavy atom. The fourth-order valence-electron chi connectivity index (χ4n) is 4.17. The Bertz CT molecular complexity index is 1550. The van der Waals surface area contributed by atoms with Crippen LogP contribution in [0.25, 0.3) is 0 Å². The van der Waals surface area contributed by atoms with Crippen molar-refractivity contribution in [1.29, 1.82) is 0 Å². The molecule has 200 valence electrons. The normalized spacial score (nSPS) is 11.0. The van der Waals surface area contributed by atoms with Crippen molar-refractivity contribution in [2.45, 2.75) is 31.7 Å². The monoisotopic (exact) mass is 541 g/mol. The number of hydrogen-bond donors (Lipinski definition) is 2. The number of rotatable bonds is 10. The number of amides is 2. The lowest BCUT2D eigenvalue weighted by Crippen LogP contribution is -2.39. The highest BCUT2D eigenvalue weighted by molar-refractivity contribution is 7.92. The van der Waals surface area contributed by atoms with Gasteiger partial charge in [-0.05, 0) is 54.8 Å². The van der Waals surface area contributed by atoms with E-state index in [-0.39, 0.29) is 16.4 Å². The van der Waals surface area contributed by atoms with Crippen LogP contribution in [0.15, 0.2) is 108 Å². The summed E-state index contributed by atoms with van der Waals surface area (Å²) in [6.07, 6.45) is 0.585. The number of carbonyl (C=O) groups excluding carboxylic acids is 2. The number of carbonyl (C=O) groups is 2. The lowest BCUT2D eigenvalue weighted by molar-refractivity contribution is -0.114. The van der Waals surface area contributed by atoms with Crippen molar-refractivity contribution < 1.29 is 18.0 Å². The van der Waals surface area contributed by atoms with Crippen LogP contribution in [0.4, 0.5) is 11.4 Å². The second kappa shape index (κ2) is 12.4. The third-order valence-corrected chi connectivity index (χ3v) is 8.05. The van der Waals surface area contributed by atoms with Crippen LogP contribution in [0.5, 0.6) is 0 Å². The van der Waals surface area contributed by atoms with Gasteiger partial charge in [0.2, 0.25) is 5.91 Å². The molecule has 0 aliphatic rings. The van der Waals surface area contributed by atoms with E-state index in [0.29, 0.717) is 24.3 Å². The van der Waals surface area contributed by atoms with Gasteiger partial charge in [0.25, 0.3) is 15.9 Å². The van der Waals surface area contributed by atoms with Crippen molar-refractivity contribution >= 4 is 33.2 Å². The molecule has 0 unspecified atom stereocenters. The maximum Gasteiger partial charge on any atom is 0.264 e. The molecule has 0 aliphatic carbocycles. The average molecular weight is 542 g/mol. The lowest BCUT2D eigenvalue weighted by Gasteiger charge is -2.26. The van der Waals surface area contributed by atoms with Crippen LogP contribution in [-0.2, 0) is 27.8 Å².